The van der Waals surface area contributed by atoms with Crippen LogP contribution in [0.1, 0.15) is 11.1 Å². The minimum absolute atomic E-state index is 0.0229. The van der Waals surface area contributed by atoms with E-state index in [-0.39, 0.29) is 12.4 Å². The van der Waals surface area contributed by atoms with Gasteiger partial charge in [-0.05, 0) is 23.3 Å². The number of hydrogen-bond donors (Lipinski definition) is 2. The lowest BCUT2D eigenvalue weighted by Crippen LogP contribution is -2.27. The van der Waals surface area contributed by atoms with Crippen LogP contribution in [0, 0.1) is 5.82 Å². The van der Waals surface area contributed by atoms with Crippen LogP contribution in [0.5, 0.6) is 0 Å². The largest absolute Gasteiger partial charge is 0.395 e. The van der Waals surface area contributed by atoms with Gasteiger partial charge in [-0.15, -0.1) is 0 Å². The van der Waals surface area contributed by atoms with Gasteiger partial charge in [0.15, 0.2) is 0 Å². The highest BCUT2D eigenvalue weighted by Gasteiger charge is 2.12. The molecule has 0 aromatic heterocycles. The molecule has 0 fully saturated rings. The second-order valence-corrected chi connectivity index (χ2v) is 4.62. The van der Waals surface area contributed by atoms with Gasteiger partial charge in [-0.25, -0.2) is 4.39 Å². The first-order valence-electron chi connectivity index (χ1n) is 6.63. The number of benzene rings is 2. The van der Waals surface area contributed by atoms with Crippen molar-refractivity contribution in [2.45, 2.75) is 13.1 Å². The highest BCUT2D eigenvalue weighted by molar-refractivity contribution is 5.49. The van der Waals surface area contributed by atoms with E-state index in [0.717, 1.165) is 11.1 Å². The molecular formula is C16H19FN2O. The first kappa shape index (κ1) is 14.5. The number of halogens is 1. The van der Waals surface area contributed by atoms with Gasteiger partial charge in [0, 0.05) is 19.6 Å². The zero-order chi connectivity index (χ0) is 14.4. The Hall–Kier alpha value is -1.91. The van der Waals surface area contributed by atoms with Gasteiger partial charge in [0.2, 0.25) is 0 Å². The van der Waals surface area contributed by atoms with Gasteiger partial charge in [0.1, 0.15) is 5.82 Å². The monoisotopic (exact) mass is 274 g/mol. The Labute approximate surface area is 118 Å². The van der Waals surface area contributed by atoms with E-state index in [1.54, 1.807) is 6.07 Å². The van der Waals surface area contributed by atoms with E-state index in [0.29, 0.717) is 25.3 Å². The van der Waals surface area contributed by atoms with Gasteiger partial charge >= 0.3 is 0 Å². The van der Waals surface area contributed by atoms with Crippen LogP contribution in [0.4, 0.5) is 10.1 Å². The van der Waals surface area contributed by atoms with Crippen LogP contribution < -0.4 is 10.6 Å². The van der Waals surface area contributed by atoms with Gasteiger partial charge in [-0.2, -0.15) is 0 Å². The summed E-state index contributed by atoms with van der Waals surface area (Å²) in [5, 5.41) is 9.18. The third kappa shape index (κ3) is 3.56. The quantitative estimate of drug-likeness (QED) is 0.849. The Bertz CT molecular complexity index is 545. The normalized spacial score (nSPS) is 10.6. The Morgan fingerprint density at radius 2 is 1.80 bits per heavy atom. The van der Waals surface area contributed by atoms with Gasteiger partial charge in [-0.3, -0.25) is 0 Å². The number of nitrogens with zero attached hydrogens (tertiary/aromatic N) is 1. The van der Waals surface area contributed by atoms with Crippen molar-refractivity contribution in [1.29, 1.82) is 0 Å². The van der Waals surface area contributed by atoms with Crippen molar-refractivity contribution in [3.63, 3.8) is 0 Å². The van der Waals surface area contributed by atoms with E-state index in [1.807, 2.05) is 41.3 Å². The number of hydrogen-bond acceptors (Lipinski definition) is 3. The Morgan fingerprint density at radius 3 is 2.40 bits per heavy atom. The van der Waals surface area contributed by atoms with Crippen molar-refractivity contribution in [3.8, 4) is 0 Å². The van der Waals surface area contributed by atoms with E-state index < -0.39 is 0 Å². The lowest BCUT2D eigenvalue weighted by molar-refractivity contribution is 0.301. The molecule has 0 radical (unpaired) electrons. The minimum Gasteiger partial charge on any atom is -0.395 e. The van der Waals surface area contributed by atoms with E-state index in [1.165, 1.54) is 6.07 Å². The van der Waals surface area contributed by atoms with Crippen LogP contribution in [-0.2, 0) is 13.1 Å². The van der Waals surface area contributed by atoms with Crippen LogP contribution in [0.15, 0.2) is 48.5 Å². The maximum atomic E-state index is 14.1. The molecule has 106 valence electrons. The highest BCUT2D eigenvalue weighted by Crippen LogP contribution is 2.22. The summed E-state index contributed by atoms with van der Waals surface area (Å²) < 4.78 is 14.1. The first-order valence-corrected chi connectivity index (χ1v) is 6.63. The predicted molar refractivity (Wildman–Crippen MR) is 78.9 cm³/mol. The third-order valence-electron chi connectivity index (χ3n) is 3.17. The molecule has 0 aliphatic carbocycles. The summed E-state index contributed by atoms with van der Waals surface area (Å²) in [6, 6.07) is 14.8. The van der Waals surface area contributed by atoms with Gasteiger partial charge in [-0.1, -0.05) is 36.4 Å². The average Bonchev–Trinajstić information content (AvgIpc) is 2.48. The Kier molecular flexibility index (Phi) is 5.09. The summed E-state index contributed by atoms with van der Waals surface area (Å²) in [7, 11) is 0. The number of rotatable bonds is 6. The molecular weight excluding hydrogens is 255 g/mol. The van der Waals surface area contributed by atoms with Crippen molar-refractivity contribution in [2.75, 3.05) is 18.1 Å². The van der Waals surface area contributed by atoms with Crippen molar-refractivity contribution in [1.82, 2.24) is 0 Å². The van der Waals surface area contributed by atoms with Gasteiger partial charge in [0.25, 0.3) is 0 Å². The number of nitrogens with two attached hydrogens (primary N) is 1. The zero-order valence-corrected chi connectivity index (χ0v) is 11.3. The van der Waals surface area contributed by atoms with E-state index in [4.69, 9.17) is 5.73 Å². The fraction of sp³-hybridized carbons (Fsp3) is 0.250. The number of aliphatic hydroxyl groups excluding tert-OH is 1. The fourth-order valence-electron chi connectivity index (χ4n) is 2.14. The smallest absolute Gasteiger partial charge is 0.146 e. The van der Waals surface area contributed by atoms with Crippen LogP contribution in [0.2, 0.25) is 0 Å². The second kappa shape index (κ2) is 7.03. The molecule has 2 rings (SSSR count). The molecule has 0 aliphatic rings. The van der Waals surface area contributed by atoms with Crippen molar-refractivity contribution < 1.29 is 9.50 Å². The number of anilines is 1. The van der Waals surface area contributed by atoms with Crippen molar-refractivity contribution in [2.24, 2.45) is 5.73 Å². The standard InChI is InChI=1S/C16H19FN2O/c17-15-10-14(11-18)6-7-16(15)19(8-9-20)12-13-4-2-1-3-5-13/h1-7,10,20H,8-9,11-12,18H2. The summed E-state index contributed by atoms with van der Waals surface area (Å²) >= 11 is 0. The Balaban J connectivity index is 2.24. The van der Waals surface area contributed by atoms with Crippen LogP contribution in [0.25, 0.3) is 0 Å². The predicted octanol–water partition coefficient (Wildman–Crippen LogP) is 2.28. The summed E-state index contributed by atoms with van der Waals surface area (Å²) in [5.41, 5.74) is 7.82. The topological polar surface area (TPSA) is 49.5 Å². The summed E-state index contributed by atoms with van der Waals surface area (Å²) in [6.45, 7) is 1.23. The molecule has 0 spiro atoms. The fourth-order valence-corrected chi connectivity index (χ4v) is 2.14. The molecule has 3 nitrogen and oxygen atoms in total. The molecule has 0 unspecified atom stereocenters. The van der Waals surface area contributed by atoms with Crippen molar-refractivity contribution >= 4 is 5.69 Å². The van der Waals surface area contributed by atoms with Crippen LogP contribution in [-0.4, -0.2) is 18.3 Å². The maximum absolute atomic E-state index is 14.1. The molecule has 2 aromatic rings. The maximum Gasteiger partial charge on any atom is 0.146 e. The van der Waals surface area contributed by atoms with Crippen molar-refractivity contribution in [3.05, 3.63) is 65.5 Å². The first-order chi connectivity index (χ1) is 9.74. The summed E-state index contributed by atoms with van der Waals surface area (Å²) in [4.78, 5) is 1.82. The average molecular weight is 274 g/mol. The lowest BCUT2D eigenvalue weighted by atomic mass is 10.1. The van der Waals surface area contributed by atoms with Crippen LogP contribution >= 0.6 is 0 Å². The molecule has 0 saturated carbocycles. The highest BCUT2D eigenvalue weighted by atomic mass is 19.1. The minimum atomic E-state index is -0.308. The molecule has 2 aromatic carbocycles. The SMILES string of the molecule is NCc1ccc(N(CCO)Cc2ccccc2)c(F)c1. The lowest BCUT2D eigenvalue weighted by Gasteiger charge is -2.25. The second-order valence-electron chi connectivity index (χ2n) is 4.62. The summed E-state index contributed by atoms with van der Waals surface area (Å²) in [5.74, 6) is -0.308. The van der Waals surface area contributed by atoms with Gasteiger partial charge in [0.05, 0.1) is 12.3 Å². The zero-order valence-electron chi connectivity index (χ0n) is 11.3. The molecule has 3 N–H and O–H groups in total. The number of aliphatic hydroxyl groups is 1. The molecule has 0 saturated heterocycles. The van der Waals surface area contributed by atoms with E-state index in [9.17, 15) is 9.50 Å². The molecule has 0 amide bonds. The molecule has 0 heterocycles. The van der Waals surface area contributed by atoms with E-state index in [2.05, 4.69) is 0 Å². The molecule has 4 heteroatoms. The molecule has 20 heavy (non-hydrogen) atoms. The molecule has 0 atom stereocenters. The van der Waals surface area contributed by atoms with Gasteiger partial charge < -0.3 is 15.7 Å². The Morgan fingerprint density at radius 1 is 1.05 bits per heavy atom. The third-order valence-corrected chi connectivity index (χ3v) is 3.17. The molecule has 0 aliphatic heterocycles. The van der Waals surface area contributed by atoms with Crippen LogP contribution in [0.3, 0.4) is 0 Å². The van der Waals surface area contributed by atoms with E-state index >= 15 is 0 Å². The summed E-state index contributed by atoms with van der Waals surface area (Å²) in [6.07, 6.45) is 0. The molecule has 0 bridgehead atoms.